The molecule has 0 aliphatic rings. The second-order valence-electron chi connectivity index (χ2n) is 5.39. The molecule has 154 valence electrons. The predicted molar refractivity (Wildman–Crippen MR) is 99.1 cm³/mol. The van der Waals surface area contributed by atoms with Crippen molar-refractivity contribution in [1.29, 1.82) is 0 Å². The van der Waals surface area contributed by atoms with Gasteiger partial charge in [-0.2, -0.15) is 0 Å². The number of amides is 4. The van der Waals surface area contributed by atoms with Crippen LogP contribution in [0.3, 0.4) is 0 Å². The van der Waals surface area contributed by atoms with E-state index in [1.807, 2.05) is 5.32 Å². The Morgan fingerprint density at radius 2 is 1.76 bits per heavy atom. The monoisotopic (exact) mass is 405 g/mol. The van der Waals surface area contributed by atoms with E-state index in [-0.39, 0.29) is 28.5 Å². The van der Waals surface area contributed by atoms with Crippen molar-refractivity contribution in [3.8, 4) is 11.5 Å². The van der Waals surface area contributed by atoms with Crippen LogP contribution >= 0.6 is 0 Å². The van der Waals surface area contributed by atoms with Gasteiger partial charge < -0.3 is 29.3 Å². The number of benzene rings is 1. The summed E-state index contributed by atoms with van der Waals surface area (Å²) < 4.78 is 20.3. The summed E-state index contributed by atoms with van der Waals surface area (Å²) in [6, 6.07) is 4.88. The number of hydrogen-bond acceptors (Lipinski definition) is 8. The molecule has 0 saturated heterocycles. The number of anilines is 1. The first-order valence-corrected chi connectivity index (χ1v) is 8.19. The molecule has 0 atom stereocenters. The van der Waals surface area contributed by atoms with Crippen LogP contribution in [0.1, 0.15) is 20.9 Å². The highest BCUT2D eigenvalue weighted by Gasteiger charge is 2.22. The maximum atomic E-state index is 12.5. The Bertz CT molecular complexity index is 908. The summed E-state index contributed by atoms with van der Waals surface area (Å²) in [4.78, 5) is 47.5. The Balaban J connectivity index is 2.25. The Kier molecular flexibility index (Phi) is 7.18. The van der Waals surface area contributed by atoms with Crippen LogP contribution in [0.15, 0.2) is 34.9 Å². The zero-order valence-electron chi connectivity index (χ0n) is 15.9. The van der Waals surface area contributed by atoms with E-state index in [0.29, 0.717) is 0 Å². The van der Waals surface area contributed by atoms with E-state index >= 15 is 0 Å². The third-order valence-electron chi connectivity index (χ3n) is 3.55. The van der Waals surface area contributed by atoms with Gasteiger partial charge in [-0.05, 0) is 12.1 Å². The van der Waals surface area contributed by atoms with Crippen molar-refractivity contribution in [3.05, 3.63) is 41.9 Å². The van der Waals surface area contributed by atoms with Crippen LogP contribution in [0.4, 0.5) is 10.5 Å². The van der Waals surface area contributed by atoms with Crippen LogP contribution in [-0.4, -0.2) is 51.7 Å². The lowest BCUT2D eigenvalue weighted by molar-refractivity contribution is -0.123. The molecule has 0 unspecified atom stereocenters. The number of hydrogen-bond donors (Lipinski definition) is 3. The highest BCUT2D eigenvalue weighted by atomic mass is 16.5. The third kappa shape index (κ3) is 5.48. The molecule has 1 aromatic carbocycles. The molecule has 2 rings (SSSR count). The van der Waals surface area contributed by atoms with Crippen molar-refractivity contribution < 1.29 is 37.8 Å². The minimum absolute atomic E-state index is 0.0176. The van der Waals surface area contributed by atoms with Crippen molar-refractivity contribution in [3.63, 3.8) is 0 Å². The Hall–Kier alpha value is -4.02. The van der Waals surface area contributed by atoms with Gasteiger partial charge in [0, 0.05) is 19.2 Å². The fourth-order valence-electron chi connectivity index (χ4n) is 2.18. The van der Waals surface area contributed by atoms with E-state index in [1.165, 1.54) is 51.8 Å². The van der Waals surface area contributed by atoms with Crippen molar-refractivity contribution in [2.24, 2.45) is 0 Å². The van der Waals surface area contributed by atoms with E-state index in [9.17, 15) is 19.2 Å². The molecule has 1 heterocycles. The number of imide groups is 1. The zero-order chi connectivity index (χ0) is 21.4. The van der Waals surface area contributed by atoms with Gasteiger partial charge in [0.05, 0.1) is 31.7 Å². The Morgan fingerprint density at radius 3 is 2.34 bits per heavy atom. The molecule has 0 spiro atoms. The van der Waals surface area contributed by atoms with Gasteiger partial charge in [0.2, 0.25) is 0 Å². The minimum Gasteiger partial charge on any atom is -0.493 e. The van der Waals surface area contributed by atoms with E-state index in [4.69, 9.17) is 18.6 Å². The molecular formula is C18H19N3O8. The van der Waals surface area contributed by atoms with Crippen LogP contribution in [0.2, 0.25) is 0 Å². The lowest BCUT2D eigenvalue weighted by atomic mass is 10.1. The average molecular weight is 405 g/mol. The molecule has 0 saturated carbocycles. The van der Waals surface area contributed by atoms with Crippen molar-refractivity contribution in [1.82, 2.24) is 10.6 Å². The number of carbonyl (C=O) groups is 4. The van der Waals surface area contributed by atoms with Crippen LogP contribution in [-0.2, 0) is 9.53 Å². The van der Waals surface area contributed by atoms with E-state index in [0.717, 1.165) is 0 Å². The second-order valence-corrected chi connectivity index (χ2v) is 5.39. The number of urea groups is 1. The van der Waals surface area contributed by atoms with Gasteiger partial charge in [-0.15, -0.1) is 0 Å². The van der Waals surface area contributed by atoms with E-state index in [2.05, 4.69) is 10.6 Å². The number of ether oxygens (including phenoxy) is 3. The summed E-state index contributed by atoms with van der Waals surface area (Å²) in [7, 11) is 4.08. The molecule has 11 heteroatoms. The normalized spacial score (nSPS) is 9.90. The quantitative estimate of drug-likeness (QED) is 0.582. The highest BCUT2D eigenvalue weighted by molar-refractivity contribution is 6.07. The topological polar surface area (TPSA) is 145 Å². The van der Waals surface area contributed by atoms with Gasteiger partial charge in [-0.1, -0.05) is 0 Å². The Labute approximate surface area is 165 Å². The first-order valence-electron chi connectivity index (χ1n) is 8.19. The number of carbonyl (C=O) groups excluding carboxylic acids is 4. The first-order chi connectivity index (χ1) is 13.9. The molecular weight excluding hydrogens is 386 g/mol. The van der Waals surface area contributed by atoms with Gasteiger partial charge in [-0.3, -0.25) is 14.9 Å². The van der Waals surface area contributed by atoms with Crippen molar-refractivity contribution in [2.45, 2.75) is 0 Å². The summed E-state index contributed by atoms with van der Waals surface area (Å²) in [5, 5.41) is 6.65. The number of esters is 1. The second kappa shape index (κ2) is 9.78. The lowest BCUT2D eigenvalue weighted by Crippen LogP contribution is -2.39. The zero-order valence-corrected chi connectivity index (χ0v) is 15.9. The smallest absolute Gasteiger partial charge is 0.340 e. The van der Waals surface area contributed by atoms with Crippen molar-refractivity contribution >= 4 is 29.5 Å². The summed E-state index contributed by atoms with van der Waals surface area (Å²) in [5.74, 6) is -1.92. The van der Waals surface area contributed by atoms with Gasteiger partial charge in [0.15, 0.2) is 23.9 Å². The fraction of sp³-hybridized carbons (Fsp3) is 0.222. The molecule has 0 aliphatic carbocycles. The molecule has 0 aliphatic heterocycles. The lowest BCUT2D eigenvalue weighted by Gasteiger charge is -2.15. The summed E-state index contributed by atoms with van der Waals surface area (Å²) in [5.41, 5.74) is -0.0592. The SMILES string of the molecule is CNC(=O)NC(=O)COC(=O)c1cc(OC)c(OC)cc1NC(=O)c1ccco1. The molecule has 0 bridgehead atoms. The fourth-order valence-corrected chi connectivity index (χ4v) is 2.18. The Morgan fingerprint density at radius 1 is 1.07 bits per heavy atom. The first kappa shape index (κ1) is 21.3. The molecule has 0 fully saturated rings. The van der Waals surface area contributed by atoms with Crippen LogP contribution in [0.25, 0.3) is 0 Å². The number of nitrogens with one attached hydrogen (secondary N) is 3. The molecule has 11 nitrogen and oxygen atoms in total. The van der Waals surface area contributed by atoms with E-state index < -0.39 is 30.4 Å². The average Bonchev–Trinajstić information content (AvgIpc) is 3.26. The molecule has 3 N–H and O–H groups in total. The van der Waals surface area contributed by atoms with Gasteiger partial charge in [-0.25, -0.2) is 9.59 Å². The van der Waals surface area contributed by atoms with Crippen LogP contribution < -0.4 is 25.4 Å². The number of methoxy groups -OCH3 is 2. The van der Waals surface area contributed by atoms with Crippen LogP contribution in [0.5, 0.6) is 11.5 Å². The largest absolute Gasteiger partial charge is 0.493 e. The highest BCUT2D eigenvalue weighted by Crippen LogP contribution is 2.34. The van der Waals surface area contributed by atoms with Crippen LogP contribution in [0, 0.1) is 0 Å². The standard InChI is InChI=1S/C18H19N3O8/c1-19-18(25)21-15(22)9-29-17(24)10-7-13(26-2)14(27-3)8-11(10)20-16(23)12-5-4-6-28-12/h4-8H,9H2,1-3H3,(H,20,23)(H2,19,21,22,25). The summed E-state index contributed by atoms with van der Waals surface area (Å²) in [6.07, 6.45) is 1.32. The summed E-state index contributed by atoms with van der Waals surface area (Å²) >= 11 is 0. The molecule has 29 heavy (non-hydrogen) atoms. The molecule has 4 amide bonds. The number of rotatable bonds is 7. The van der Waals surface area contributed by atoms with Gasteiger partial charge in [0.25, 0.3) is 11.8 Å². The maximum Gasteiger partial charge on any atom is 0.340 e. The molecule has 2 aromatic rings. The third-order valence-corrected chi connectivity index (χ3v) is 3.55. The number of furan rings is 1. The van der Waals surface area contributed by atoms with E-state index in [1.54, 1.807) is 0 Å². The summed E-state index contributed by atoms with van der Waals surface area (Å²) in [6.45, 7) is -0.716. The maximum absolute atomic E-state index is 12.5. The molecule has 0 radical (unpaired) electrons. The minimum atomic E-state index is -0.937. The van der Waals surface area contributed by atoms with Gasteiger partial charge in [0.1, 0.15) is 0 Å². The molecule has 1 aromatic heterocycles. The predicted octanol–water partition coefficient (Wildman–Crippen LogP) is 1.16. The van der Waals surface area contributed by atoms with Crippen molar-refractivity contribution in [2.75, 3.05) is 33.2 Å². The van der Waals surface area contributed by atoms with Gasteiger partial charge >= 0.3 is 12.0 Å².